The molecule has 16 heteroatoms. The molecule has 172 valence electrons. The van der Waals surface area contributed by atoms with Gasteiger partial charge in [-0.15, -0.1) is 0 Å². The van der Waals surface area contributed by atoms with Gasteiger partial charge in [-0.05, 0) is 26.7 Å². The fourth-order valence-corrected chi connectivity index (χ4v) is 2.80. The van der Waals surface area contributed by atoms with Crippen LogP contribution in [-0.2, 0) is 39.3 Å². The molecule has 0 aliphatic rings. The molecular weight excluding hydrogens is 456 g/mol. The van der Waals surface area contributed by atoms with Crippen molar-refractivity contribution in [2.45, 2.75) is 62.8 Å². The number of hydrogen-bond donors (Lipinski definition) is 2. The molecule has 0 saturated heterocycles. The molecule has 0 spiro atoms. The number of carbonyl (C=O) groups is 2. The van der Waals surface area contributed by atoms with Crippen LogP contribution in [0, 0.1) is 5.92 Å². The predicted octanol–water partition coefficient (Wildman–Crippen LogP) is 1.62. The van der Waals surface area contributed by atoms with E-state index in [0.29, 0.717) is 13.8 Å². The number of rotatable bonds is 11. The Morgan fingerprint density at radius 3 is 1.62 bits per heavy atom. The van der Waals surface area contributed by atoms with Crippen LogP contribution in [0.1, 0.15) is 40.0 Å². The monoisotopic (exact) mass is 476 g/mol. The molecule has 0 aromatic heterocycles. The Labute approximate surface area is 164 Å². The van der Waals surface area contributed by atoms with Crippen LogP contribution in [-0.4, -0.2) is 60.6 Å². The fourth-order valence-electron chi connectivity index (χ4n) is 1.86. The minimum atomic E-state index is -5.87. The molecule has 3 atom stereocenters. The molecule has 0 rings (SSSR count). The minimum Gasteiger partial charge on any atom is -0.455 e. The van der Waals surface area contributed by atoms with Gasteiger partial charge in [-0.3, -0.25) is 18.7 Å². The van der Waals surface area contributed by atoms with E-state index in [-0.39, 0.29) is 6.42 Å². The van der Waals surface area contributed by atoms with Gasteiger partial charge in [-0.2, -0.15) is 34.4 Å². The predicted molar refractivity (Wildman–Crippen MR) is 87.1 cm³/mol. The molecule has 10 nitrogen and oxygen atoms in total. The molecule has 0 aliphatic carbocycles. The number of halogens is 4. The molecule has 0 aromatic rings. The molecule has 0 bridgehead atoms. The van der Waals surface area contributed by atoms with Crippen molar-refractivity contribution in [1.82, 2.24) is 0 Å². The fraction of sp³-hybridized carbons (Fsp3) is 0.846. The van der Waals surface area contributed by atoms with Gasteiger partial charge in [0.25, 0.3) is 0 Å². The summed E-state index contributed by atoms with van der Waals surface area (Å²) < 4.78 is 121. The number of hydrogen-bond acceptors (Lipinski definition) is 8. The smallest absolute Gasteiger partial charge is 0.405 e. The quantitative estimate of drug-likeness (QED) is 0.255. The highest BCUT2D eigenvalue weighted by Crippen LogP contribution is 2.29. The molecule has 29 heavy (non-hydrogen) atoms. The molecule has 0 aliphatic heterocycles. The van der Waals surface area contributed by atoms with E-state index < -0.39 is 73.7 Å². The molecule has 0 saturated carbocycles. The Bertz CT molecular complexity index is 809. The van der Waals surface area contributed by atoms with Gasteiger partial charge in [0.2, 0.25) is 0 Å². The van der Waals surface area contributed by atoms with Gasteiger partial charge in [0.15, 0.2) is 12.2 Å². The highest BCUT2D eigenvalue weighted by atomic mass is 32.2. The van der Waals surface area contributed by atoms with E-state index in [1.807, 2.05) is 0 Å². The Morgan fingerprint density at radius 2 is 1.28 bits per heavy atom. The highest BCUT2D eigenvalue weighted by Gasteiger charge is 2.53. The molecule has 3 unspecified atom stereocenters. The zero-order chi connectivity index (χ0) is 23.4. The summed E-state index contributed by atoms with van der Waals surface area (Å²) in [5.41, 5.74) is 0. The molecule has 0 radical (unpaired) electrons. The summed E-state index contributed by atoms with van der Waals surface area (Å²) in [7, 11) is -11.7. The summed E-state index contributed by atoms with van der Waals surface area (Å²) in [5.74, 6) is -3.99. The van der Waals surface area contributed by atoms with Gasteiger partial charge >= 0.3 is 42.7 Å². The summed E-state index contributed by atoms with van der Waals surface area (Å²) in [6, 6.07) is 0. The van der Waals surface area contributed by atoms with Crippen molar-refractivity contribution in [3.8, 4) is 0 Å². The summed E-state index contributed by atoms with van der Waals surface area (Å²) in [6.45, 7) is 2.38. The van der Waals surface area contributed by atoms with E-state index in [4.69, 9.17) is 9.11 Å². The number of carbonyl (C=O) groups excluding carboxylic acids is 2. The largest absolute Gasteiger partial charge is 0.455 e. The first-order chi connectivity index (χ1) is 12.8. The first kappa shape index (κ1) is 27.5. The van der Waals surface area contributed by atoms with Crippen molar-refractivity contribution >= 4 is 32.2 Å². The van der Waals surface area contributed by atoms with Gasteiger partial charge in [0.05, 0.1) is 5.92 Å². The Hall–Kier alpha value is -1.52. The van der Waals surface area contributed by atoms with Crippen LogP contribution >= 0.6 is 0 Å². The maximum atomic E-state index is 13.4. The van der Waals surface area contributed by atoms with Crippen molar-refractivity contribution in [1.29, 1.82) is 0 Å². The lowest BCUT2D eigenvalue weighted by atomic mass is 10.0. The second kappa shape index (κ2) is 9.53. The van der Waals surface area contributed by atoms with Crippen molar-refractivity contribution < 1.29 is 62.6 Å². The average Bonchev–Trinajstić information content (AvgIpc) is 2.52. The minimum absolute atomic E-state index is 0.0903. The van der Waals surface area contributed by atoms with Crippen molar-refractivity contribution in [2.75, 3.05) is 0 Å². The second-order valence-electron chi connectivity index (χ2n) is 5.93. The lowest BCUT2D eigenvalue weighted by Crippen LogP contribution is -2.43. The lowest BCUT2D eigenvalue weighted by molar-refractivity contribution is -0.166. The summed E-state index contributed by atoms with van der Waals surface area (Å²) in [4.78, 5) is 23.4. The van der Waals surface area contributed by atoms with Crippen LogP contribution in [0.2, 0.25) is 0 Å². The molecular formula is C13H20F4O10S2. The maximum Gasteiger partial charge on any atom is 0.405 e. The standard InChI is InChI=1S/C13H20F4O10S2/c1-4-9(11(19)27-8(3)13(16,17)29(23,24)25)5-6-10(18)26-7(2)12(14,15)28(20,21)22/h7-9H,4-6H2,1-3H3,(H,20,21,22)(H,23,24,25). The topological polar surface area (TPSA) is 161 Å². The molecule has 0 aromatic carbocycles. The van der Waals surface area contributed by atoms with Crippen molar-refractivity contribution in [3.05, 3.63) is 0 Å². The van der Waals surface area contributed by atoms with Crippen molar-refractivity contribution in [2.24, 2.45) is 5.92 Å². The maximum absolute atomic E-state index is 13.4. The van der Waals surface area contributed by atoms with E-state index in [1.165, 1.54) is 6.92 Å². The van der Waals surface area contributed by atoms with E-state index in [9.17, 15) is 44.0 Å². The van der Waals surface area contributed by atoms with E-state index in [2.05, 4.69) is 9.47 Å². The van der Waals surface area contributed by atoms with Gasteiger partial charge in [-0.25, -0.2) is 0 Å². The van der Waals surface area contributed by atoms with Crippen LogP contribution in [0.5, 0.6) is 0 Å². The van der Waals surface area contributed by atoms with Crippen LogP contribution in [0.25, 0.3) is 0 Å². The number of alkyl halides is 4. The zero-order valence-electron chi connectivity index (χ0n) is 15.3. The van der Waals surface area contributed by atoms with E-state index in [0.717, 1.165) is 0 Å². The third-order valence-corrected chi connectivity index (χ3v) is 5.80. The van der Waals surface area contributed by atoms with Crippen molar-refractivity contribution in [3.63, 3.8) is 0 Å². The Morgan fingerprint density at radius 1 is 0.897 bits per heavy atom. The third-order valence-electron chi connectivity index (χ3n) is 3.76. The van der Waals surface area contributed by atoms with E-state index >= 15 is 0 Å². The highest BCUT2D eigenvalue weighted by molar-refractivity contribution is 7.87. The molecule has 0 fully saturated rings. The molecule has 0 heterocycles. The first-order valence-corrected chi connectivity index (χ1v) is 10.8. The molecule has 2 N–H and O–H groups in total. The van der Waals surface area contributed by atoms with Crippen LogP contribution in [0.4, 0.5) is 17.6 Å². The summed E-state index contributed by atoms with van der Waals surface area (Å²) >= 11 is 0. The Balaban J connectivity index is 4.93. The SMILES string of the molecule is CCC(CCC(=O)OC(C)C(F)(F)S(=O)(=O)O)C(=O)OC(C)C(F)(F)S(=O)(=O)O. The normalized spacial score (nSPS) is 16.6. The van der Waals surface area contributed by atoms with E-state index in [1.54, 1.807) is 0 Å². The van der Waals surface area contributed by atoms with Crippen LogP contribution < -0.4 is 0 Å². The van der Waals surface area contributed by atoms with Crippen LogP contribution in [0.3, 0.4) is 0 Å². The summed E-state index contributed by atoms with van der Waals surface area (Å²) in [6.07, 6.45) is -6.41. The Kier molecular flexibility index (Phi) is 9.03. The third kappa shape index (κ3) is 7.04. The summed E-state index contributed by atoms with van der Waals surface area (Å²) in [5, 5.41) is -9.58. The first-order valence-electron chi connectivity index (χ1n) is 7.88. The van der Waals surface area contributed by atoms with Gasteiger partial charge < -0.3 is 9.47 Å². The second-order valence-corrected chi connectivity index (χ2v) is 8.92. The van der Waals surface area contributed by atoms with Gasteiger partial charge in [0, 0.05) is 6.42 Å². The average molecular weight is 476 g/mol. The molecule has 0 amide bonds. The number of ether oxygens (including phenoxy) is 2. The number of esters is 2. The zero-order valence-corrected chi connectivity index (χ0v) is 17.0. The van der Waals surface area contributed by atoms with Gasteiger partial charge in [-0.1, -0.05) is 6.92 Å². The van der Waals surface area contributed by atoms with Crippen LogP contribution in [0.15, 0.2) is 0 Å². The van der Waals surface area contributed by atoms with Gasteiger partial charge in [0.1, 0.15) is 0 Å². The lowest BCUT2D eigenvalue weighted by Gasteiger charge is -2.23.